The van der Waals surface area contributed by atoms with E-state index in [9.17, 15) is 9.59 Å². The molecule has 136 valence electrons. The van der Waals surface area contributed by atoms with Crippen LogP contribution in [0.2, 0.25) is 0 Å². The standard InChI is InChI=1S/C17H24N4O4/c1-24-9-10-25-15-11-13(4-5-18-15)16(22)20-7-2-3-14(12-20)21-8-6-19-17(21)23/h4-5,11,14H,2-3,6-10,12H2,1H3,(H,19,23). The van der Waals surface area contributed by atoms with Gasteiger partial charge in [0.1, 0.15) is 6.61 Å². The van der Waals surface area contributed by atoms with E-state index in [4.69, 9.17) is 9.47 Å². The molecule has 0 spiro atoms. The van der Waals surface area contributed by atoms with Crippen molar-refractivity contribution in [3.8, 4) is 5.88 Å². The van der Waals surface area contributed by atoms with Gasteiger partial charge in [-0.05, 0) is 18.9 Å². The predicted molar refractivity (Wildman–Crippen MR) is 90.6 cm³/mol. The predicted octanol–water partition coefficient (Wildman–Crippen LogP) is 0.737. The molecular weight excluding hydrogens is 324 g/mol. The Morgan fingerprint density at radius 1 is 1.40 bits per heavy atom. The van der Waals surface area contributed by atoms with Crippen molar-refractivity contribution in [2.24, 2.45) is 0 Å². The van der Waals surface area contributed by atoms with Crippen LogP contribution in [0, 0.1) is 0 Å². The van der Waals surface area contributed by atoms with Crippen LogP contribution in [-0.4, -0.2) is 79.3 Å². The highest BCUT2D eigenvalue weighted by molar-refractivity contribution is 5.94. The van der Waals surface area contributed by atoms with Crippen molar-refractivity contribution in [3.05, 3.63) is 23.9 Å². The summed E-state index contributed by atoms with van der Waals surface area (Å²) in [5.74, 6) is 0.360. The molecular formula is C17H24N4O4. The average Bonchev–Trinajstić information content (AvgIpc) is 3.08. The molecule has 2 fully saturated rings. The first-order valence-corrected chi connectivity index (χ1v) is 8.60. The van der Waals surface area contributed by atoms with Gasteiger partial charge in [-0.3, -0.25) is 4.79 Å². The average molecular weight is 348 g/mol. The maximum Gasteiger partial charge on any atom is 0.317 e. The summed E-state index contributed by atoms with van der Waals surface area (Å²) in [6.07, 6.45) is 3.39. The summed E-state index contributed by atoms with van der Waals surface area (Å²) >= 11 is 0. The fourth-order valence-electron chi connectivity index (χ4n) is 3.26. The molecule has 0 bridgehead atoms. The highest BCUT2D eigenvalue weighted by Crippen LogP contribution is 2.20. The quantitative estimate of drug-likeness (QED) is 0.767. The number of ether oxygens (including phenoxy) is 2. The van der Waals surface area contributed by atoms with Crippen LogP contribution in [-0.2, 0) is 4.74 Å². The minimum atomic E-state index is -0.0525. The number of hydrogen-bond donors (Lipinski definition) is 1. The Kier molecular flexibility index (Phi) is 5.70. The number of nitrogens with zero attached hydrogens (tertiary/aromatic N) is 3. The third-order valence-corrected chi connectivity index (χ3v) is 4.53. The molecule has 1 aromatic rings. The number of urea groups is 1. The molecule has 2 aliphatic heterocycles. The Hall–Kier alpha value is -2.35. The van der Waals surface area contributed by atoms with Crippen molar-refractivity contribution in [2.75, 3.05) is 46.5 Å². The lowest BCUT2D eigenvalue weighted by atomic mass is 10.0. The van der Waals surface area contributed by atoms with Gasteiger partial charge in [-0.1, -0.05) is 0 Å². The van der Waals surface area contributed by atoms with Gasteiger partial charge in [-0.15, -0.1) is 0 Å². The van der Waals surface area contributed by atoms with Crippen LogP contribution in [0.1, 0.15) is 23.2 Å². The van der Waals surface area contributed by atoms with Crippen LogP contribution in [0.25, 0.3) is 0 Å². The second-order valence-corrected chi connectivity index (χ2v) is 6.20. The number of carbonyl (C=O) groups is 2. The first kappa shape index (κ1) is 17.5. The Bertz CT molecular complexity index is 624. The lowest BCUT2D eigenvalue weighted by molar-refractivity contribution is 0.0633. The third kappa shape index (κ3) is 4.19. The number of methoxy groups -OCH3 is 1. The molecule has 0 aromatic carbocycles. The Morgan fingerprint density at radius 3 is 3.04 bits per heavy atom. The number of amides is 3. The molecule has 0 aliphatic carbocycles. The number of carbonyl (C=O) groups excluding carboxylic acids is 2. The van der Waals surface area contributed by atoms with Gasteiger partial charge < -0.3 is 24.6 Å². The van der Waals surface area contributed by atoms with Crippen LogP contribution < -0.4 is 10.1 Å². The maximum absolute atomic E-state index is 12.8. The summed E-state index contributed by atoms with van der Waals surface area (Å²) in [7, 11) is 1.60. The number of hydrogen-bond acceptors (Lipinski definition) is 5. The largest absolute Gasteiger partial charge is 0.475 e. The van der Waals surface area contributed by atoms with Gasteiger partial charge >= 0.3 is 6.03 Å². The third-order valence-electron chi connectivity index (χ3n) is 4.53. The Morgan fingerprint density at radius 2 is 2.28 bits per heavy atom. The second-order valence-electron chi connectivity index (χ2n) is 6.20. The van der Waals surface area contributed by atoms with E-state index < -0.39 is 0 Å². The topological polar surface area (TPSA) is 84.0 Å². The molecule has 25 heavy (non-hydrogen) atoms. The summed E-state index contributed by atoms with van der Waals surface area (Å²) in [4.78, 5) is 32.5. The van der Waals surface area contributed by atoms with Crippen molar-refractivity contribution in [2.45, 2.75) is 18.9 Å². The van der Waals surface area contributed by atoms with Crippen molar-refractivity contribution in [1.82, 2.24) is 20.1 Å². The van der Waals surface area contributed by atoms with E-state index in [-0.39, 0.29) is 18.0 Å². The smallest absolute Gasteiger partial charge is 0.317 e. The Labute approximate surface area is 147 Å². The minimum Gasteiger partial charge on any atom is -0.475 e. The number of rotatable bonds is 6. The zero-order valence-corrected chi connectivity index (χ0v) is 14.4. The molecule has 0 radical (unpaired) electrons. The lowest BCUT2D eigenvalue weighted by Gasteiger charge is -2.37. The fraction of sp³-hybridized carbons (Fsp3) is 0.588. The van der Waals surface area contributed by atoms with Crippen molar-refractivity contribution in [3.63, 3.8) is 0 Å². The summed E-state index contributed by atoms with van der Waals surface area (Å²) < 4.78 is 10.4. The molecule has 1 aromatic heterocycles. The number of likely N-dealkylation sites (tertiary alicyclic amines) is 1. The van der Waals surface area contributed by atoms with Gasteiger partial charge in [0, 0.05) is 51.1 Å². The molecule has 3 amide bonds. The summed E-state index contributed by atoms with van der Waals surface area (Å²) in [5.41, 5.74) is 0.550. The van der Waals surface area contributed by atoms with E-state index in [1.54, 1.807) is 25.4 Å². The Balaban J connectivity index is 1.63. The lowest BCUT2D eigenvalue weighted by Crippen LogP contribution is -2.50. The van der Waals surface area contributed by atoms with Crippen LogP contribution >= 0.6 is 0 Å². The molecule has 1 unspecified atom stereocenters. The number of aromatic nitrogens is 1. The van der Waals surface area contributed by atoms with Crippen molar-refractivity contribution < 1.29 is 19.1 Å². The van der Waals surface area contributed by atoms with E-state index in [2.05, 4.69) is 10.3 Å². The van der Waals surface area contributed by atoms with E-state index in [1.807, 2.05) is 9.80 Å². The second kappa shape index (κ2) is 8.15. The molecule has 1 N–H and O–H groups in total. The molecule has 2 aliphatic rings. The van der Waals surface area contributed by atoms with Crippen LogP contribution in [0.3, 0.4) is 0 Å². The molecule has 3 heterocycles. The number of piperidine rings is 1. The van der Waals surface area contributed by atoms with Crippen LogP contribution in [0.5, 0.6) is 5.88 Å². The van der Waals surface area contributed by atoms with Crippen molar-refractivity contribution >= 4 is 11.9 Å². The number of pyridine rings is 1. The zero-order valence-electron chi connectivity index (χ0n) is 14.4. The molecule has 2 saturated heterocycles. The fourth-order valence-corrected chi connectivity index (χ4v) is 3.26. The first-order chi connectivity index (χ1) is 12.2. The van der Waals surface area contributed by atoms with E-state index in [0.29, 0.717) is 50.8 Å². The monoisotopic (exact) mass is 348 g/mol. The minimum absolute atomic E-state index is 0.0305. The maximum atomic E-state index is 12.8. The molecule has 1 atom stereocenters. The van der Waals surface area contributed by atoms with Gasteiger partial charge in [0.25, 0.3) is 5.91 Å². The molecule has 8 heteroatoms. The SMILES string of the molecule is COCCOc1cc(C(=O)N2CCCC(N3CCNC3=O)C2)ccn1. The van der Waals surface area contributed by atoms with Gasteiger partial charge in [-0.2, -0.15) is 0 Å². The highest BCUT2D eigenvalue weighted by Gasteiger charge is 2.33. The van der Waals surface area contributed by atoms with Crippen LogP contribution in [0.15, 0.2) is 18.3 Å². The summed E-state index contributed by atoms with van der Waals surface area (Å²) in [6.45, 7) is 3.50. The molecule has 0 saturated carbocycles. The van der Waals surface area contributed by atoms with E-state index in [1.165, 1.54) is 0 Å². The first-order valence-electron chi connectivity index (χ1n) is 8.60. The van der Waals surface area contributed by atoms with Crippen molar-refractivity contribution in [1.29, 1.82) is 0 Å². The van der Waals surface area contributed by atoms with Gasteiger partial charge in [0.2, 0.25) is 5.88 Å². The van der Waals surface area contributed by atoms with Crippen LogP contribution in [0.4, 0.5) is 4.79 Å². The highest BCUT2D eigenvalue weighted by atomic mass is 16.5. The van der Waals surface area contributed by atoms with Gasteiger partial charge in [0.05, 0.1) is 12.6 Å². The molecule has 3 rings (SSSR count). The summed E-state index contributed by atoms with van der Waals surface area (Å²) in [5, 5.41) is 2.82. The zero-order chi connectivity index (χ0) is 17.6. The normalized spacial score (nSPS) is 20.5. The van der Waals surface area contributed by atoms with E-state index >= 15 is 0 Å². The van der Waals surface area contributed by atoms with Gasteiger partial charge in [-0.25, -0.2) is 9.78 Å². The van der Waals surface area contributed by atoms with E-state index in [0.717, 1.165) is 12.8 Å². The molecule has 8 nitrogen and oxygen atoms in total. The summed E-state index contributed by atoms with van der Waals surface area (Å²) in [6, 6.07) is 3.40. The van der Waals surface area contributed by atoms with Gasteiger partial charge in [0.15, 0.2) is 0 Å². The number of nitrogens with one attached hydrogen (secondary N) is 1.